The summed E-state index contributed by atoms with van der Waals surface area (Å²) in [6.45, 7) is 1.58. The van der Waals surface area contributed by atoms with E-state index in [4.69, 9.17) is 21.1 Å². The SMILES string of the molecule is COC(=O)C(C)Oc1ccc2c(c1)OC(=Cc1ccc(Cl)cc1)C2=O. The number of Topliss-reactive ketones (excluding diaryl/α,β-unsaturated/α-hetero) is 1. The Labute approximate surface area is 149 Å². The Morgan fingerprint density at radius 2 is 1.92 bits per heavy atom. The van der Waals surface area contributed by atoms with Gasteiger partial charge >= 0.3 is 5.97 Å². The third kappa shape index (κ3) is 3.67. The fraction of sp³-hybridized carbons (Fsp3) is 0.158. The second-order valence-corrected chi connectivity index (χ2v) is 5.87. The monoisotopic (exact) mass is 358 g/mol. The molecule has 0 bridgehead atoms. The molecule has 0 N–H and O–H groups in total. The number of benzene rings is 2. The Morgan fingerprint density at radius 3 is 2.60 bits per heavy atom. The summed E-state index contributed by atoms with van der Waals surface area (Å²) in [5.41, 5.74) is 1.25. The Kier molecular flexibility index (Phi) is 4.76. The quantitative estimate of drug-likeness (QED) is 0.612. The van der Waals surface area contributed by atoms with Gasteiger partial charge in [0.25, 0.3) is 0 Å². The summed E-state index contributed by atoms with van der Waals surface area (Å²) in [6, 6.07) is 11.9. The van der Waals surface area contributed by atoms with Crippen LogP contribution in [0.1, 0.15) is 22.8 Å². The molecule has 6 heteroatoms. The van der Waals surface area contributed by atoms with Crippen LogP contribution >= 0.6 is 11.6 Å². The van der Waals surface area contributed by atoms with Crippen LogP contribution < -0.4 is 9.47 Å². The van der Waals surface area contributed by atoms with E-state index in [1.165, 1.54) is 7.11 Å². The zero-order chi connectivity index (χ0) is 18.0. The van der Waals surface area contributed by atoms with Crippen LogP contribution in [0.15, 0.2) is 48.2 Å². The number of methoxy groups -OCH3 is 1. The van der Waals surface area contributed by atoms with E-state index in [-0.39, 0.29) is 11.5 Å². The second-order valence-electron chi connectivity index (χ2n) is 5.43. The first-order chi connectivity index (χ1) is 12.0. The third-order valence-electron chi connectivity index (χ3n) is 3.66. The maximum Gasteiger partial charge on any atom is 0.346 e. The van der Waals surface area contributed by atoms with Crippen molar-refractivity contribution in [3.8, 4) is 11.5 Å². The standard InChI is InChI=1S/C19H15ClO5/c1-11(19(22)23-2)24-14-7-8-15-16(10-14)25-17(18(15)21)9-12-3-5-13(20)6-4-12/h3-11H,1-2H3. The number of esters is 1. The molecular formula is C19H15ClO5. The van der Waals surface area contributed by atoms with Crippen molar-refractivity contribution in [3.63, 3.8) is 0 Å². The van der Waals surface area contributed by atoms with Gasteiger partial charge in [0, 0.05) is 11.1 Å². The van der Waals surface area contributed by atoms with Crippen LogP contribution in [0.5, 0.6) is 11.5 Å². The van der Waals surface area contributed by atoms with Gasteiger partial charge in [-0.2, -0.15) is 0 Å². The van der Waals surface area contributed by atoms with E-state index in [1.807, 2.05) is 0 Å². The molecule has 1 unspecified atom stereocenters. The van der Waals surface area contributed by atoms with Crippen molar-refractivity contribution >= 4 is 29.4 Å². The molecular weight excluding hydrogens is 344 g/mol. The highest BCUT2D eigenvalue weighted by Gasteiger charge is 2.28. The first-order valence-electron chi connectivity index (χ1n) is 7.56. The van der Waals surface area contributed by atoms with E-state index < -0.39 is 12.1 Å². The van der Waals surface area contributed by atoms with E-state index in [1.54, 1.807) is 55.5 Å². The first kappa shape index (κ1) is 17.0. The van der Waals surface area contributed by atoms with Crippen LogP contribution in [0.2, 0.25) is 5.02 Å². The number of carbonyl (C=O) groups is 2. The van der Waals surface area contributed by atoms with Gasteiger partial charge in [-0.1, -0.05) is 23.7 Å². The van der Waals surface area contributed by atoms with Gasteiger partial charge in [0.15, 0.2) is 11.9 Å². The molecule has 1 aliphatic heterocycles. The number of ether oxygens (including phenoxy) is 3. The van der Waals surface area contributed by atoms with Crippen LogP contribution in [0, 0.1) is 0 Å². The maximum atomic E-state index is 12.4. The predicted octanol–water partition coefficient (Wildman–Crippen LogP) is 3.90. The molecule has 0 amide bonds. The van der Waals surface area contributed by atoms with E-state index in [0.29, 0.717) is 22.1 Å². The number of hydrogen-bond acceptors (Lipinski definition) is 5. The van der Waals surface area contributed by atoms with Gasteiger partial charge in [0.2, 0.25) is 5.78 Å². The largest absolute Gasteiger partial charge is 0.479 e. The lowest BCUT2D eigenvalue weighted by Crippen LogP contribution is -2.24. The minimum absolute atomic E-state index is 0.211. The molecule has 0 saturated carbocycles. The van der Waals surface area contributed by atoms with Gasteiger partial charge in [0.1, 0.15) is 11.5 Å². The van der Waals surface area contributed by atoms with Crippen molar-refractivity contribution in [3.05, 3.63) is 64.4 Å². The zero-order valence-electron chi connectivity index (χ0n) is 13.6. The molecule has 0 fully saturated rings. The normalized spacial score (nSPS) is 15.5. The maximum absolute atomic E-state index is 12.4. The molecule has 0 aliphatic carbocycles. The summed E-state index contributed by atoms with van der Waals surface area (Å²) in [7, 11) is 1.29. The Balaban J connectivity index is 1.81. The molecule has 128 valence electrons. The number of carbonyl (C=O) groups excluding carboxylic acids is 2. The fourth-order valence-corrected chi connectivity index (χ4v) is 2.50. The average Bonchev–Trinajstić information content (AvgIpc) is 2.91. The van der Waals surface area contributed by atoms with Crippen LogP contribution in [-0.4, -0.2) is 25.0 Å². The number of halogens is 1. The predicted molar refractivity (Wildman–Crippen MR) is 92.9 cm³/mol. The van der Waals surface area contributed by atoms with E-state index in [9.17, 15) is 9.59 Å². The van der Waals surface area contributed by atoms with Crippen LogP contribution in [-0.2, 0) is 9.53 Å². The summed E-state index contributed by atoms with van der Waals surface area (Å²) >= 11 is 5.86. The molecule has 2 aromatic carbocycles. The number of ketones is 1. The first-order valence-corrected chi connectivity index (χ1v) is 7.94. The zero-order valence-corrected chi connectivity index (χ0v) is 14.4. The lowest BCUT2D eigenvalue weighted by molar-refractivity contribution is -0.147. The second kappa shape index (κ2) is 6.99. The molecule has 0 aromatic heterocycles. The van der Waals surface area contributed by atoms with Crippen LogP contribution in [0.3, 0.4) is 0 Å². The molecule has 0 radical (unpaired) electrons. The number of fused-ring (bicyclic) bond motifs is 1. The number of hydrogen-bond donors (Lipinski definition) is 0. The van der Waals surface area contributed by atoms with Gasteiger partial charge in [0.05, 0.1) is 12.7 Å². The Morgan fingerprint density at radius 1 is 1.20 bits per heavy atom. The van der Waals surface area contributed by atoms with Crippen molar-refractivity contribution in [2.45, 2.75) is 13.0 Å². The van der Waals surface area contributed by atoms with E-state index in [0.717, 1.165) is 5.56 Å². The summed E-state index contributed by atoms with van der Waals surface area (Å²) in [4.78, 5) is 23.9. The van der Waals surface area contributed by atoms with Crippen molar-refractivity contribution in [2.75, 3.05) is 7.11 Å². The summed E-state index contributed by atoms with van der Waals surface area (Å²) < 4.78 is 15.8. The highest BCUT2D eigenvalue weighted by Crippen LogP contribution is 2.35. The van der Waals surface area contributed by atoms with Crippen LogP contribution in [0.25, 0.3) is 6.08 Å². The molecule has 1 aliphatic rings. The molecule has 1 atom stereocenters. The lowest BCUT2D eigenvalue weighted by atomic mass is 10.1. The molecule has 0 spiro atoms. The Hall–Kier alpha value is -2.79. The number of rotatable bonds is 4. The minimum atomic E-state index is -0.760. The van der Waals surface area contributed by atoms with Crippen molar-refractivity contribution in [1.29, 1.82) is 0 Å². The molecule has 3 rings (SSSR count). The van der Waals surface area contributed by atoms with Crippen molar-refractivity contribution < 1.29 is 23.8 Å². The van der Waals surface area contributed by atoms with Gasteiger partial charge in [-0.05, 0) is 42.8 Å². The molecule has 25 heavy (non-hydrogen) atoms. The summed E-state index contributed by atoms with van der Waals surface area (Å²) in [5.74, 6) is 0.325. The molecule has 5 nitrogen and oxygen atoms in total. The van der Waals surface area contributed by atoms with Gasteiger partial charge in [-0.15, -0.1) is 0 Å². The minimum Gasteiger partial charge on any atom is -0.479 e. The van der Waals surface area contributed by atoms with Gasteiger partial charge in [-0.3, -0.25) is 4.79 Å². The topological polar surface area (TPSA) is 61.8 Å². The van der Waals surface area contributed by atoms with Crippen LogP contribution in [0.4, 0.5) is 0 Å². The average molecular weight is 359 g/mol. The molecule has 2 aromatic rings. The number of allylic oxidation sites excluding steroid dienone is 1. The molecule has 1 heterocycles. The fourth-order valence-electron chi connectivity index (χ4n) is 2.37. The molecule has 0 saturated heterocycles. The summed E-state index contributed by atoms with van der Waals surface area (Å²) in [5, 5.41) is 0.616. The van der Waals surface area contributed by atoms with Gasteiger partial charge < -0.3 is 14.2 Å². The van der Waals surface area contributed by atoms with E-state index >= 15 is 0 Å². The smallest absolute Gasteiger partial charge is 0.346 e. The van der Waals surface area contributed by atoms with Crippen molar-refractivity contribution in [1.82, 2.24) is 0 Å². The van der Waals surface area contributed by atoms with E-state index in [2.05, 4.69) is 4.74 Å². The van der Waals surface area contributed by atoms with Crippen molar-refractivity contribution in [2.24, 2.45) is 0 Å². The Bertz CT molecular complexity index is 855. The van der Waals surface area contributed by atoms with Gasteiger partial charge in [-0.25, -0.2) is 4.79 Å². The lowest BCUT2D eigenvalue weighted by Gasteiger charge is -2.12. The summed E-state index contributed by atoms with van der Waals surface area (Å²) in [6.07, 6.45) is 0.889. The highest BCUT2D eigenvalue weighted by molar-refractivity contribution is 6.30. The third-order valence-corrected chi connectivity index (χ3v) is 3.91. The highest BCUT2D eigenvalue weighted by atomic mass is 35.5.